The first-order valence-corrected chi connectivity index (χ1v) is 6.66. The van der Waals surface area contributed by atoms with E-state index in [0.29, 0.717) is 5.41 Å². The molecule has 0 heterocycles. The summed E-state index contributed by atoms with van der Waals surface area (Å²) >= 11 is 0. The van der Waals surface area contributed by atoms with Gasteiger partial charge in [0, 0.05) is 0 Å². The molecule has 0 heteroatoms. The fourth-order valence-corrected chi connectivity index (χ4v) is 3.21. The zero-order valence-corrected chi connectivity index (χ0v) is 12.2. The summed E-state index contributed by atoms with van der Waals surface area (Å²) in [5.74, 6) is 3.30. The normalized spacial score (nSPS) is 15.4. The summed E-state index contributed by atoms with van der Waals surface area (Å²) in [5.41, 5.74) is 0.493. The van der Waals surface area contributed by atoms with Gasteiger partial charge in [-0.25, -0.2) is 0 Å². The Balaban J connectivity index is 4.58. The molecular weight excluding hydrogens is 180 g/mol. The minimum Gasteiger partial charge on any atom is -0.0628 e. The lowest BCUT2D eigenvalue weighted by Gasteiger charge is -2.39. The zero-order valence-electron chi connectivity index (χ0n) is 12.2. The maximum atomic E-state index is 2.46. The Hall–Kier alpha value is 0. The molecule has 0 aromatic carbocycles. The summed E-state index contributed by atoms with van der Waals surface area (Å²) < 4.78 is 0. The highest BCUT2D eigenvalue weighted by Crippen LogP contribution is 2.41. The molecule has 1 unspecified atom stereocenters. The van der Waals surface area contributed by atoms with Gasteiger partial charge in [0.2, 0.25) is 0 Å². The van der Waals surface area contributed by atoms with Crippen molar-refractivity contribution < 1.29 is 0 Å². The van der Waals surface area contributed by atoms with Gasteiger partial charge >= 0.3 is 0 Å². The molecule has 0 aliphatic heterocycles. The molecule has 0 aromatic heterocycles. The van der Waals surface area contributed by atoms with Crippen LogP contribution in [0.2, 0.25) is 0 Å². The van der Waals surface area contributed by atoms with Crippen molar-refractivity contribution in [2.75, 3.05) is 0 Å². The average molecular weight is 212 g/mol. The third kappa shape index (κ3) is 5.58. The molecule has 0 spiro atoms. The number of hydrogen-bond acceptors (Lipinski definition) is 0. The van der Waals surface area contributed by atoms with E-state index in [1.807, 2.05) is 0 Å². The van der Waals surface area contributed by atoms with Gasteiger partial charge in [-0.3, -0.25) is 0 Å². The van der Waals surface area contributed by atoms with Crippen LogP contribution in [0.25, 0.3) is 0 Å². The van der Waals surface area contributed by atoms with E-state index in [2.05, 4.69) is 55.4 Å². The third-order valence-electron chi connectivity index (χ3n) is 3.47. The van der Waals surface area contributed by atoms with Crippen LogP contribution < -0.4 is 0 Å². The highest BCUT2D eigenvalue weighted by atomic mass is 14.4. The van der Waals surface area contributed by atoms with Crippen LogP contribution in [0, 0.1) is 29.1 Å². The second-order valence-corrected chi connectivity index (χ2v) is 7.07. The van der Waals surface area contributed by atoms with Crippen LogP contribution in [0.4, 0.5) is 0 Å². The van der Waals surface area contributed by atoms with E-state index in [-0.39, 0.29) is 0 Å². The lowest BCUT2D eigenvalue weighted by molar-refractivity contribution is 0.104. The molecule has 15 heavy (non-hydrogen) atoms. The average Bonchev–Trinajstić information content (AvgIpc) is 1.96. The molecule has 0 aliphatic rings. The topological polar surface area (TPSA) is 0 Å². The van der Waals surface area contributed by atoms with Crippen LogP contribution in [0.1, 0.15) is 68.2 Å². The van der Waals surface area contributed by atoms with Crippen LogP contribution in [0.3, 0.4) is 0 Å². The van der Waals surface area contributed by atoms with Crippen molar-refractivity contribution in [2.24, 2.45) is 29.1 Å². The summed E-state index contributed by atoms with van der Waals surface area (Å²) in [6.07, 6.45) is 2.72. The highest BCUT2D eigenvalue weighted by molar-refractivity contribution is 4.82. The van der Waals surface area contributed by atoms with Gasteiger partial charge in [0.05, 0.1) is 0 Å². The molecule has 0 saturated carbocycles. The van der Waals surface area contributed by atoms with Gasteiger partial charge in [-0.1, -0.05) is 55.4 Å². The van der Waals surface area contributed by atoms with Crippen LogP contribution in [0.15, 0.2) is 0 Å². The summed E-state index contributed by atoms with van der Waals surface area (Å²) in [4.78, 5) is 0. The van der Waals surface area contributed by atoms with Crippen molar-refractivity contribution in [1.82, 2.24) is 0 Å². The molecular formula is C15H32. The van der Waals surface area contributed by atoms with Crippen molar-refractivity contribution in [3.63, 3.8) is 0 Å². The minimum atomic E-state index is 0.493. The first-order chi connectivity index (χ1) is 6.66. The van der Waals surface area contributed by atoms with Crippen molar-refractivity contribution in [3.8, 4) is 0 Å². The minimum absolute atomic E-state index is 0.493. The Kier molecular flexibility index (Phi) is 5.92. The summed E-state index contributed by atoms with van der Waals surface area (Å²) in [5, 5.41) is 0. The fourth-order valence-electron chi connectivity index (χ4n) is 3.21. The van der Waals surface area contributed by atoms with Gasteiger partial charge in [0.15, 0.2) is 0 Å². The van der Waals surface area contributed by atoms with Crippen molar-refractivity contribution >= 4 is 0 Å². The van der Waals surface area contributed by atoms with Crippen LogP contribution >= 0.6 is 0 Å². The smallest absolute Gasteiger partial charge is 0.0321 e. The molecule has 0 N–H and O–H groups in total. The first kappa shape index (κ1) is 15.0. The van der Waals surface area contributed by atoms with Gasteiger partial charge < -0.3 is 0 Å². The number of hydrogen-bond donors (Lipinski definition) is 0. The van der Waals surface area contributed by atoms with Crippen molar-refractivity contribution in [1.29, 1.82) is 0 Å². The quantitative estimate of drug-likeness (QED) is 0.554. The van der Waals surface area contributed by atoms with Gasteiger partial charge in [0.25, 0.3) is 0 Å². The Morgan fingerprint density at radius 2 is 1.27 bits per heavy atom. The predicted molar refractivity (Wildman–Crippen MR) is 71.0 cm³/mol. The predicted octanol–water partition coefficient (Wildman–Crippen LogP) is 5.38. The van der Waals surface area contributed by atoms with Gasteiger partial charge in [-0.15, -0.1) is 0 Å². The summed E-state index contributed by atoms with van der Waals surface area (Å²) in [6.45, 7) is 19.1. The van der Waals surface area contributed by atoms with Crippen LogP contribution in [-0.2, 0) is 0 Å². The fraction of sp³-hybridized carbons (Fsp3) is 1.00. The molecule has 0 rings (SSSR count). The Labute approximate surface area is 97.8 Å². The Morgan fingerprint density at radius 3 is 1.53 bits per heavy atom. The van der Waals surface area contributed by atoms with Crippen molar-refractivity contribution in [2.45, 2.75) is 68.2 Å². The largest absolute Gasteiger partial charge is 0.0628 e. The van der Waals surface area contributed by atoms with E-state index in [1.165, 1.54) is 12.8 Å². The molecule has 92 valence electrons. The molecule has 0 saturated heterocycles. The Bertz CT molecular complexity index is 163. The lowest BCUT2D eigenvalue weighted by atomic mass is 9.66. The van der Waals surface area contributed by atoms with Crippen LogP contribution in [-0.4, -0.2) is 0 Å². The van der Waals surface area contributed by atoms with Crippen LogP contribution in [0.5, 0.6) is 0 Å². The molecule has 0 bridgehead atoms. The zero-order chi connectivity index (χ0) is 12.2. The maximum absolute atomic E-state index is 2.46. The standard InChI is InChI=1S/C15H32/c1-11(2)9-14(13(5)6)15(7,8)10-12(3)4/h11-14H,9-10H2,1-8H3. The molecule has 0 nitrogen and oxygen atoms in total. The first-order valence-electron chi connectivity index (χ1n) is 6.66. The molecule has 0 amide bonds. The third-order valence-corrected chi connectivity index (χ3v) is 3.47. The number of rotatable bonds is 6. The van der Waals surface area contributed by atoms with Crippen molar-refractivity contribution in [3.05, 3.63) is 0 Å². The van der Waals surface area contributed by atoms with E-state index >= 15 is 0 Å². The monoisotopic (exact) mass is 212 g/mol. The second kappa shape index (κ2) is 5.92. The molecule has 0 aromatic rings. The van der Waals surface area contributed by atoms with E-state index in [1.54, 1.807) is 0 Å². The lowest BCUT2D eigenvalue weighted by Crippen LogP contribution is -2.31. The molecule has 0 aliphatic carbocycles. The van der Waals surface area contributed by atoms with E-state index < -0.39 is 0 Å². The summed E-state index contributed by atoms with van der Waals surface area (Å²) in [7, 11) is 0. The molecule has 0 radical (unpaired) electrons. The van der Waals surface area contributed by atoms with Gasteiger partial charge in [0.1, 0.15) is 0 Å². The second-order valence-electron chi connectivity index (χ2n) is 7.07. The maximum Gasteiger partial charge on any atom is -0.0321 e. The van der Waals surface area contributed by atoms with E-state index in [0.717, 1.165) is 23.7 Å². The van der Waals surface area contributed by atoms with E-state index in [9.17, 15) is 0 Å². The summed E-state index contributed by atoms with van der Waals surface area (Å²) in [6, 6.07) is 0. The molecule has 0 fully saturated rings. The Morgan fingerprint density at radius 1 is 0.800 bits per heavy atom. The SMILES string of the molecule is CC(C)CC(C(C)C)C(C)(C)CC(C)C. The molecule has 1 atom stereocenters. The van der Waals surface area contributed by atoms with E-state index in [4.69, 9.17) is 0 Å². The highest BCUT2D eigenvalue weighted by Gasteiger charge is 2.32. The van der Waals surface area contributed by atoms with Gasteiger partial charge in [-0.05, 0) is 41.9 Å². The van der Waals surface area contributed by atoms with Gasteiger partial charge in [-0.2, -0.15) is 0 Å².